The summed E-state index contributed by atoms with van der Waals surface area (Å²) >= 11 is 0. The zero-order chi connectivity index (χ0) is 15.2. The Balaban J connectivity index is 2.06. The Labute approximate surface area is 118 Å². The molecule has 3 heterocycles. The van der Waals surface area contributed by atoms with Gasteiger partial charge in [-0.2, -0.15) is 0 Å². The van der Waals surface area contributed by atoms with Crippen LogP contribution in [0.25, 0.3) is 11.2 Å². The molecule has 0 amide bonds. The summed E-state index contributed by atoms with van der Waals surface area (Å²) in [5.74, 6) is 0.169. The van der Waals surface area contributed by atoms with Crippen molar-refractivity contribution in [2.24, 2.45) is 0 Å². The number of rotatable bonds is 3. The first-order chi connectivity index (χ1) is 10.0. The molecule has 2 aromatic rings. The fraction of sp³-hybridized carbons (Fsp3) is 0.545. The molecule has 2 aromatic heterocycles. The molecule has 1 aliphatic rings. The van der Waals surface area contributed by atoms with Crippen LogP contribution in [0.3, 0.4) is 0 Å². The summed E-state index contributed by atoms with van der Waals surface area (Å²) in [5.41, 5.74) is 4.66. The number of aliphatic hydroxyl groups is 4. The van der Waals surface area contributed by atoms with Crippen molar-refractivity contribution in [1.29, 1.82) is 0 Å². The van der Waals surface area contributed by atoms with Crippen LogP contribution in [0.15, 0.2) is 12.7 Å². The molecule has 114 valence electrons. The van der Waals surface area contributed by atoms with E-state index < -0.39 is 37.3 Å². The van der Waals surface area contributed by atoms with E-state index in [0.29, 0.717) is 11.2 Å². The topological polar surface area (TPSA) is 160 Å². The summed E-state index contributed by atoms with van der Waals surface area (Å²) in [6.07, 6.45) is -1.34. The zero-order valence-electron chi connectivity index (χ0n) is 10.9. The molecule has 3 rings (SSSR count). The molecular formula is C11H15N5O5. The maximum atomic E-state index is 10.1. The predicted octanol–water partition coefficient (Wildman–Crippen LogP) is -2.62. The third-order valence-electron chi connectivity index (χ3n) is 3.71. The normalized spacial score (nSPS) is 28.3. The first kappa shape index (κ1) is 14.1. The first-order valence-electron chi connectivity index (χ1n) is 6.23. The number of nitrogen functional groups attached to an aromatic ring is 1. The summed E-state index contributed by atoms with van der Waals surface area (Å²) < 4.78 is 6.86. The maximum absolute atomic E-state index is 10.1. The summed E-state index contributed by atoms with van der Waals surface area (Å²) in [7, 11) is 0. The van der Waals surface area contributed by atoms with Crippen molar-refractivity contribution < 1.29 is 25.2 Å². The Kier molecular flexibility index (Phi) is 3.26. The standard InChI is InChI=1S/C11H15N5O5/c12-8-5-9(14-3-13-8)16(4-15-5)10-6(19)7(20)11(1-17,2-18)21-10/h3-4,6-7,10,17-20H,1-2H2,(H2,12,13,14)/t6?,7?,10-/m1/s1. The van der Waals surface area contributed by atoms with Gasteiger partial charge >= 0.3 is 0 Å². The van der Waals surface area contributed by atoms with Crippen LogP contribution in [0.2, 0.25) is 0 Å². The van der Waals surface area contributed by atoms with Crippen molar-refractivity contribution in [3.63, 3.8) is 0 Å². The van der Waals surface area contributed by atoms with E-state index in [9.17, 15) is 20.4 Å². The average molecular weight is 297 g/mol. The number of hydrogen-bond acceptors (Lipinski definition) is 9. The Morgan fingerprint density at radius 2 is 1.95 bits per heavy atom. The van der Waals surface area contributed by atoms with Crippen LogP contribution >= 0.6 is 0 Å². The number of nitrogens with zero attached hydrogens (tertiary/aromatic N) is 4. The molecule has 21 heavy (non-hydrogen) atoms. The smallest absolute Gasteiger partial charge is 0.167 e. The van der Waals surface area contributed by atoms with Crippen LogP contribution < -0.4 is 5.73 Å². The average Bonchev–Trinajstić information content (AvgIpc) is 3.02. The number of ether oxygens (including phenoxy) is 1. The molecule has 10 heteroatoms. The van der Waals surface area contributed by atoms with Gasteiger partial charge in [0.05, 0.1) is 19.5 Å². The third-order valence-corrected chi connectivity index (χ3v) is 3.71. The van der Waals surface area contributed by atoms with Crippen LogP contribution in [0.5, 0.6) is 0 Å². The van der Waals surface area contributed by atoms with Crippen molar-refractivity contribution in [2.45, 2.75) is 24.0 Å². The number of nitrogens with two attached hydrogens (primary N) is 1. The Hall–Kier alpha value is -1.85. The van der Waals surface area contributed by atoms with E-state index in [2.05, 4.69) is 15.0 Å². The SMILES string of the molecule is Nc1ncnc2c1ncn2[C@@H]1OC(CO)(CO)C(O)C1O. The van der Waals surface area contributed by atoms with Crippen LogP contribution in [0.1, 0.15) is 6.23 Å². The molecule has 10 nitrogen and oxygen atoms in total. The number of fused-ring (bicyclic) bond motifs is 1. The summed E-state index contributed by atoms with van der Waals surface area (Å²) in [5, 5.41) is 38.9. The van der Waals surface area contributed by atoms with Crippen molar-refractivity contribution in [3.05, 3.63) is 12.7 Å². The second-order valence-electron chi connectivity index (χ2n) is 4.91. The summed E-state index contributed by atoms with van der Waals surface area (Å²) in [6, 6.07) is 0. The van der Waals surface area contributed by atoms with Gasteiger partial charge in [-0.3, -0.25) is 4.57 Å². The minimum Gasteiger partial charge on any atom is -0.393 e. The van der Waals surface area contributed by atoms with Gasteiger partial charge in [-0.15, -0.1) is 0 Å². The van der Waals surface area contributed by atoms with Gasteiger partial charge in [0, 0.05) is 0 Å². The Morgan fingerprint density at radius 1 is 1.24 bits per heavy atom. The number of imidazole rings is 1. The number of anilines is 1. The maximum Gasteiger partial charge on any atom is 0.167 e. The lowest BCUT2D eigenvalue weighted by atomic mass is 9.97. The van der Waals surface area contributed by atoms with Crippen LogP contribution in [0, 0.1) is 0 Å². The van der Waals surface area contributed by atoms with Crippen LogP contribution in [0.4, 0.5) is 5.82 Å². The van der Waals surface area contributed by atoms with Gasteiger partial charge in [0.15, 0.2) is 17.7 Å². The van der Waals surface area contributed by atoms with Crippen molar-refractivity contribution >= 4 is 17.0 Å². The lowest BCUT2D eigenvalue weighted by molar-refractivity contribution is -0.149. The lowest BCUT2D eigenvalue weighted by Gasteiger charge is -2.27. The van der Waals surface area contributed by atoms with Crippen LogP contribution in [-0.4, -0.2) is 71.0 Å². The Morgan fingerprint density at radius 3 is 2.57 bits per heavy atom. The van der Waals surface area contributed by atoms with E-state index in [1.807, 2.05) is 0 Å². The molecule has 1 fully saturated rings. The molecule has 0 spiro atoms. The van der Waals surface area contributed by atoms with Gasteiger partial charge in [-0.25, -0.2) is 15.0 Å². The minimum atomic E-state index is -1.65. The highest BCUT2D eigenvalue weighted by Crippen LogP contribution is 2.38. The Bertz CT molecular complexity index is 657. The predicted molar refractivity (Wildman–Crippen MR) is 68.8 cm³/mol. The number of aliphatic hydroxyl groups excluding tert-OH is 4. The lowest BCUT2D eigenvalue weighted by Crippen LogP contribution is -2.49. The van der Waals surface area contributed by atoms with E-state index in [1.165, 1.54) is 17.2 Å². The monoisotopic (exact) mass is 297 g/mol. The van der Waals surface area contributed by atoms with Gasteiger partial charge in [-0.05, 0) is 0 Å². The highest BCUT2D eigenvalue weighted by Gasteiger charge is 2.54. The van der Waals surface area contributed by atoms with Gasteiger partial charge in [0.25, 0.3) is 0 Å². The van der Waals surface area contributed by atoms with E-state index >= 15 is 0 Å². The fourth-order valence-corrected chi connectivity index (χ4v) is 2.44. The molecule has 0 saturated carbocycles. The van der Waals surface area contributed by atoms with Gasteiger partial charge in [0.1, 0.15) is 29.7 Å². The van der Waals surface area contributed by atoms with E-state index in [4.69, 9.17) is 10.5 Å². The molecule has 2 unspecified atom stereocenters. The highest BCUT2D eigenvalue weighted by molar-refractivity contribution is 5.81. The number of aromatic nitrogens is 4. The van der Waals surface area contributed by atoms with Crippen LogP contribution in [-0.2, 0) is 4.74 Å². The third kappa shape index (κ3) is 1.88. The van der Waals surface area contributed by atoms with Gasteiger partial charge < -0.3 is 30.9 Å². The largest absolute Gasteiger partial charge is 0.393 e. The van der Waals surface area contributed by atoms with E-state index in [0.717, 1.165) is 0 Å². The van der Waals surface area contributed by atoms with Crippen molar-refractivity contribution in [2.75, 3.05) is 18.9 Å². The zero-order valence-corrected chi connectivity index (χ0v) is 10.9. The second-order valence-corrected chi connectivity index (χ2v) is 4.91. The van der Waals surface area contributed by atoms with Gasteiger partial charge in [-0.1, -0.05) is 0 Å². The second kappa shape index (κ2) is 4.86. The molecule has 1 aliphatic heterocycles. The summed E-state index contributed by atoms with van der Waals surface area (Å²) in [6.45, 7) is -1.30. The molecule has 6 N–H and O–H groups in total. The van der Waals surface area contributed by atoms with E-state index in [-0.39, 0.29) is 5.82 Å². The molecule has 0 aliphatic carbocycles. The minimum absolute atomic E-state index is 0.169. The fourth-order valence-electron chi connectivity index (χ4n) is 2.44. The molecule has 0 radical (unpaired) electrons. The molecular weight excluding hydrogens is 282 g/mol. The van der Waals surface area contributed by atoms with Crippen molar-refractivity contribution in [3.8, 4) is 0 Å². The molecule has 1 saturated heterocycles. The molecule has 0 bridgehead atoms. The highest BCUT2D eigenvalue weighted by atomic mass is 16.6. The summed E-state index contributed by atoms with van der Waals surface area (Å²) in [4.78, 5) is 11.9. The molecule has 0 aromatic carbocycles. The first-order valence-corrected chi connectivity index (χ1v) is 6.23. The quantitative estimate of drug-likeness (QED) is 0.408. The van der Waals surface area contributed by atoms with E-state index in [1.54, 1.807) is 0 Å². The number of hydrogen-bond donors (Lipinski definition) is 5. The van der Waals surface area contributed by atoms with Crippen molar-refractivity contribution in [1.82, 2.24) is 19.5 Å². The molecule has 3 atom stereocenters. The van der Waals surface area contributed by atoms with Gasteiger partial charge in [0.2, 0.25) is 0 Å².